The number of amides is 3. The molecular weight excluding hydrogens is 352 g/mol. The molecular formula is C18H20N4O5. The van der Waals surface area contributed by atoms with Crippen LogP contribution in [0, 0.1) is 10.1 Å². The van der Waals surface area contributed by atoms with E-state index in [1.807, 2.05) is 13.8 Å². The van der Waals surface area contributed by atoms with Gasteiger partial charge in [0.2, 0.25) is 0 Å². The Kier molecular flexibility index (Phi) is 6.32. The second-order valence-electron chi connectivity index (χ2n) is 5.90. The number of urea groups is 1. The first kappa shape index (κ1) is 19.7. The van der Waals surface area contributed by atoms with E-state index in [0.717, 1.165) is 0 Å². The minimum atomic E-state index is -0.512. The Bertz CT molecular complexity index is 849. The Hall–Kier alpha value is -3.62. The lowest BCUT2D eigenvalue weighted by Gasteiger charge is -2.14. The molecule has 0 aliphatic carbocycles. The van der Waals surface area contributed by atoms with Crippen LogP contribution >= 0.6 is 0 Å². The van der Waals surface area contributed by atoms with Crippen molar-refractivity contribution in [1.29, 1.82) is 0 Å². The molecule has 2 aromatic carbocycles. The summed E-state index contributed by atoms with van der Waals surface area (Å²) in [6, 6.07) is 9.68. The molecule has 0 radical (unpaired) electrons. The zero-order valence-electron chi connectivity index (χ0n) is 15.1. The van der Waals surface area contributed by atoms with Crippen LogP contribution in [0.4, 0.5) is 16.2 Å². The van der Waals surface area contributed by atoms with Crippen molar-refractivity contribution in [2.24, 2.45) is 0 Å². The molecule has 2 rings (SSSR count). The van der Waals surface area contributed by atoms with E-state index in [2.05, 4.69) is 16.0 Å². The summed E-state index contributed by atoms with van der Waals surface area (Å²) in [4.78, 5) is 34.2. The number of carbonyl (C=O) groups excluding carboxylic acids is 2. The van der Waals surface area contributed by atoms with Crippen LogP contribution in [0.3, 0.4) is 0 Å². The Morgan fingerprint density at radius 1 is 1.11 bits per heavy atom. The van der Waals surface area contributed by atoms with Crippen molar-refractivity contribution >= 4 is 23.3 Å². The predicted octanol–water partition coefficient (Wildman–Crippen LogP) is 3.28. The minimum Gasteiger partial charge on any atom is -0.457 e. The van der Waals surface area contributed by atoms with Gasteiger partial charge < -0.3 is 20.7 Å². The number of nitrogens with zero attached hydrogens (tertiary/aromatic N) is 1. The molecule has 0 saturated heterocycles. The fraction of sp³-hybridized carbons (Fsp3) is 0.222. The second-order valence-corrected chi connectivity index (χ2v) is 5.90. The molecule has 2 aromatic rings. The molecule has 0 aromatic heterocycles. The monoisotopic (exact) mass is 372 g/mol. The first-order chi connectivity index (χ1) is 12.8. The maximum Gasteiger partial charge on any atom is 0.319 e. The number of nitrogens with one attached hydrogen (secondary N) is 3. The minimum absolute atomic E-state index is 0.0341. The van der Waals surface area contributed by atoms with Crippen molar-refractivity contribution in [3.05, 3.63) is 58.1 Å². The Morgan fingerprint density at radius 2 is 1.78 bits per heavy atom. The summed E-state index contributed by atoms with van der Waals surface area (Å²) in [6.45, 7) is 3.66. The molecule has 0 heterocycles. The number of hydrogen-bond donors (Lipinski definition) is 3. The molecule has 0 atom stereocenters. The maximum absolute atomic E-state index is 12.2. The molecule has 0 bridgehead atoms. The molecule has 9 nitrogen and oxygen atoms in total. The fourth-order valence-corrected chi connectivity index (χ4v) is 2.20. The molecule has 3 amide bonds. The van der Waals surface area contributed by atoms with Gasteiger partial charge >= 0.3 is 6.03 Å². The van der Waals surface area contributed by atoms with E-state index in [0.29, 0.717) is 11.4 Å². The van der Waals surface area contributed by atoms with E-state index in [1.54, 1.807) is 6.07 Å². The second kappa shape index (κ2) is 8.65. The lowest BCUT2D eigenvalue weighted by Crippen LogP contribution is -2.34. The number of nitro benzene ring substituents is 1. The number of hydrogen-bond acceptors (Lipinski definition) is 5. The third kappa shape index (κ3) is 5.43. The average molecular weight is 372 g/mol. The number of non-ortho nitro benzene ring substituents is 1. The van der Waals surface area contributed by atoms with Crippen LogP contribution in [-0.4, -0.2) is 30.0 Å². The zero-order valence-corrected chi connectivity index (χ0v) is 15.1. The quantitative estimate of drug-likeness (QED) is 0.530. The van der Waals surface area contributed by atoms with Gasteiger partial charge in [-0.05, 0) is 44.2 Å². The molecule has 0 aliphatic heterocycles. The Morgan fingerprint density at radius 3 is 2.33 bits per heavy atom. The van der Waals surface area contributed by atoms with Gasteiger partial charge in [0.05, 0.1) is 10.5 Å². The molecule has 0 unspecified atom stereocenters. The summed E-state index contributed by atoms with van der Waals surface area (Å²) in [7, 11) is 1.48. The van der Waals surface area contributed by atoms with Crippen molar-refractivity contribution in [2.75, 3.05) is 12.4 Å². The van der Waals surface area contributed by atoms with Gasteiger partial charge in [-0.15, -0.1) is 0 Å². The van der Waals surface area contributed by atoms with Gasteiger partial charge in [0.15, 0.2) is 0 Å². The summed E-state index contributed by atoms with van der Waals surface area (Å²) in [6.07, 6.45) is 0. The van der Waals surface area contributed by atoms with Crippen molar-refractivity contribution in [1.82, 2.24) is 10.6 Å². The van der Waals surface area contributed by atoms with Gasteiger partial charge in [-0.1, -0.05) is 0 Å². The van der Waals surface area contributed by atoms with Crippen LogP contribution in [0.25, 0.3) is 0 Å². The highest BCUT2D eigenvalue weighted by atomic mass is 16.6. The molecule has 142 valence electrons. The van der Waals surface area contributed by atoms with Gasteiger partial charge in [-0.2, -0.15) is 0 Å². The van der Waals surface area contributed by atoms with E-state index in [4.69, 9.17) is 4.74 Å². The van der Waals surface area contributed by atoms with Crippen molar-refractivity contribution in [3.8, 4) is 11.5 Å². The average Bonchev–Trinajstić information content (AvgIpc) is 2.62. The summed E-state index contributed by atoms with van der Waals surface area (Å²) < 4.78 is 5.68. The van der Waals surface area contributed by atoms with Crippen LogP contribution in [-0.2, 0) is 0 Å². The van der Waals surface area contributed by atoms with Gasteiger partial charge in [-0.25, -0.2) is 4.79 Å². The van der Waals surface area contributed by atoms with E-state index >= 15 is 0 Å². The lowest BCUT2D eigenvalue weighted by molar-refractivity contribution is -0.384. The van der Waals surface area contributed by atoms with Crippen molar-refractivity contribution in [2.45, 2.75) is 19.9 Å². The molecule has 3 N–H and O–H groups in total. The summed E-state index contributed by atoms with van der Waals surface area (Å²) in [5.41, 5.74) is 0.561. The van der Waals surface area contributed by atoms with Gasteiger partial charge in [0, 0.05) is 30.9 Å². The third-order valence-corrected chi connectivity index (χ3v) is 3.40. The molecule has 0 spiro atoms. The van der Waals surface area contributed by atoms with Crippen LogP contribution in [0.5, 0.6) is 11.5 Å². The zero-order chi connectivity index (χ0) is 20.0. The normalized spacial score (nSPS) is 10.2. The number of rotatable bonds is 6. The summed E-state index contributed by atoms with van der Waals surface area (Å²) >= 11 is 0. The topological polar surface area (TPSA) is 123 Å². The van der Waals surface area contributed by atoms with E-state index in [1.165, 1.54) is 43.4 Å². The van der Waals surface area contributed by atoms with Crippen molar-refractivity contribution < 1.29 is 19.2 Å². The number of carbonyl (C=O) groups is 2. The number of nitro groups is 1. The van der Waals surface area contributed by atoms with Gasteiger partial charge in [0.25, 0.3) is 11.6 Å². The molecule has 0 fully saturated rings. The standard InChI is InChI=1S/C18H20N4O5/c1-11(2)20-18(24)21-12-4-9-16(15(10-12)17(23)19-3)27-14-7-5-13(6-8-14)22(25)26/h4-11H,1-3H3,(H,19,23)(H2,20,21,24). The fourth-order valence-electron chi connectivity index (χ4n) is 2.20. The largest absolute Gasteiger partial charge is 0.457 e. The molecule has 0 saturated carbocycles. The van der Waals surface area contributed by atoms with Crippen LogP contribution in [0.1, 0.15) is 24.2 Å². The molecule has 0 aliphatic rings. The van der Waals surface area contributed by atoms with E-state index in [-0.39, 0.29) is 23.0 Å². The van der Waals surface area contributed by atoms with Crippen LogP contribution in [0.2, 0.25) is 0 Å². The highest BCUT2D eigenvalue weighted by Gasteiger charge is 2.15. The summed E-state index contributed by atoms with van der Waals surface area (Å²) in [5, 5.41) is 18.6. The number of anilines is 1. The number of benzene rings is 2. The maximum atomic E-state index is 12.2. The number of ether oxygens (including phenoxy) is 1. The first-order valence-electron chi connectivity index (χ1n) is 8.16. The first-order valence-corrected chi connectivity index (χ1v) is 8.16. The van der Waals surface area contributed by atoms with E-state index in [9.17, 15) is 19.7 Å². The third-order valence-electron chi connectivity index (χ3n) is 3.40. The van der Waals surface area contributed by atoms with Gasteiger partial charge in [-0.3, -0.25) is 14.9 Å². The van der Waals surface area contributed by atoms with E-state index < -0.39 is 16.9 Å². The summed E-state index contributed by atoms with van der Waals surface area (Å²) in [5.74, 6) is 0.182. The Balaban J connectivity index is 2.26. The van der Waals surface area contributed by atoms with Crippen LogP contribution in [0.15, 0.2) is 42.5 Å². The predicted molar refractivity (Wildman–Crippen MR) is 100 cm³/mol. The van der Waals surface area contributed by atoms with Crippen LogP contribution < -0.4 is 20.7 Å². The van der Waals surface area contributed by atoms with Crippen molar-refractivity contribution in [3.63, 3.8) is 0 Å². The highest BCUT2D eigenvalue weighted by Crippen LogP contribution is 2.29. The Labute approximate surface area is 155 Å². The molecule has 27 heavy (non-hydrogen) atoms. The highest BCUT2D eigenvalue weighted by molar-refractivity contribution is 5.99. The van der Waals surface area contributed by atoms with Gasteiger partial charge in [0.1, 0.15) is 11.5 Å². The lowest BCUT2D eigenvalue weighted by atomic mass is 10.1. The smallest absolute Gasteiger partial charge is 0.319 e. The SMILES string of the molecule is CNC(=O)c1cc(NC(=O)NC(C)C)ccc1Oc1ccc([N+](=O)[O-])cc1. The molecule has 9 heteroatoms.